The minimum atomic E-state index is -0.727. The molecule has 2 aromatic carbocycles. The van der Waals surface area contributed by atoms with Crippen LogP contribution in [0.15, 0.2) is 72.9 Å². The molecule has 2 aromatic rings. The number of esters is 3. The smallest absolute Gasteiger partial charge is 0.338 e. The first kappa shape index (κ1) is 30.8. The number of benzene rings is 2. The molecule has 0 saturated carbocycles. The zero-order chi connectivity index (χ0) is 28.9. The predicted octanol–water partition coefficient (Wildman–Crippen LogP) is 5.75. The van der Waals surface area contributed by atoms with Gasteiger partial charge in [-0.15, -0.1) is 0 Å². The minimum absolute atomic E-state index is 0.147. The molecular weight excluding hydrogens is 507 g/mol. The fourth-order valence-electron chi connectivity index (χ4n) is 2.93. The van der Waals surface area contributed by atoms with E-state index < -0.39 is 23.7 Å². The molecule has 0 radical (unpaired) electrons. The Labute approximate surface area is 227 Å². The summed E-state index contributed by atoms with van der Waals surface area (Å²) < 4.78 is 41.5. The second-order valence-electron chi connectivity index (χ2n) is 8.74. The van der Waals surface area contributed by atoms with Gasteiger partial charge >= 0.3 is 17.9 Å². The normalized spacial score (nSPS) is 10.3. The van der Waals surface area contributed by atoms with Crippen molar-refractivity contribution in [2.75, 3.05) is 26.4 Å². The molecule has 0 atom stereocenters. The van der Waals surface area contributed by atoms with E-state index in [2.05, 4.69) is 19.7 Å². The van der Waals surface area contributed by atoms with Gasteiger partial charge in [0.2, 0.25) is 0 Å². The van der Waals surface area contributed by atoms with Gasteiger partial charge in [-0.3, -0.25) is 0 Å². The van der Waals surface area contributed by atoms with Gasteiger partial charge in [0.05, 0.1) is 26.4 Å². The van der Waals surface area contributed by atoms with E-state index in [9.17, 15) is 18.8 Å². The summed E-state index contributed by atoms with van der Waals surface area (Å²) in [5.74, 6) is -1.72. The van der Waals surface area contributed by atoms with Crippen LogP contribution in [0.1, 0.15) is 33.6 Å². The van der Waals surface area contributed by atoms with E-state index in [1.165, 1.54) is 19.1 Å². The fourth-order valence-corrected chi connectivity index (χ4v) is 2.93. The SMILES string of the molecule is C=C(C)C(=O)OCCCOc1cc(OCCCOC(=O)C(=C)C)cc(-c2ccc(OC(=O)C(=C)C)c(F)c2)c1. The lowest BCUT2D eigenvalue weighted by Crippen LogP contribution is -2.10. The third-order valence-electron chi connectivity index (χ3n) is 4.97. The molecule has 0 aliphatic heterocycles. The largest absolute Gasteiger partial charge is 0.493 e. The lowest BCUT2D eigenvalue weighted by atomic mass is 10.0. The molecule has 9 heteroatoms. The maximum atomic E-state index is 14.7. The third-order valence-corrected chi connectivity index (χ3v) is 4.97. The van der Waals surface area contributed by atoms with Gasteiger partial charge in [0.1, 0.15) is 11.5 Å². The number of hydrogen-bond donors (Lipinski definition) is 0. The molecule has 0 saturated heterocycles. The van der Waals surface area contributed by atoms with Crippen LogP contribution in [-0.2, 0) is 23.9 Å². The molecule has 208 valence electrons. The van der Waals surface area contributed by atoms with Crippen LogP contribution < -0.4 is 14.2 Å². The van der Waals surface area contributed by atoms with Crippen molar-refractivity contribution < 1.29 is 42.5 Å². The van der Waals surface area contributed by atoms with Crippen LogP contribution in [0.2, 0.25) is 0 Å². The van der Waals surface area contributed by atoms with Gasteiger partial charge in [-0.2, -0.15) is 0 Å². The molecular formula is C30H33FO8. The number of carbonyl (C=O) groups is 3. The predicted molar refractivity (Wildman–Crippen MR) is 144 cm³/mol. The average molecular weight is 541 g/mol. The first-order valence-electron chi connectivity index (χ1n) is 12.2. The summed E-state index contributed by atoms with van der Waals surface area (Å²) in [6.45, 7) is 16.0. The molecule has 0 unspecified atom stereocenters. The molecule has 0 spiro atoms. The molecule has 0 fully saturated rings. The maximum absolute atomic E-state index is 14.7. The fraction of sp³-hybridized carbons (Fsp3) is 0.300. The van der Waals surface area contributed by atoms with Gasteiger partial charge in [0, 0.05) is 35.6 Å². The van der Waals surface area contributed by atoms with Crippen molar-refractivity contribution in [3.05, 3.63) is 78.7 Å². The third kappa shape index (κ3) is 10.5. The van der Waals surface area contributed by atoms with Crippen LogP contribution in [0.4, 0.5) is 4.39 Å². The van der Waals surface area contributed by atoms with Gasteiger partial charge in [-0.05, 0) is 56.2 Å². The van der Waals surface area contributed by atoms with Crippen molar-refractivity contribution in [1.82, 2.24) is 0 Å². The Bertz CT molecular complexity index is 1190. The van der Waals surface area contributed by atoms with Crippen molar-refractivity contribution in [2.24, 2.45) is 0 Å². The minimum Gasteiger partial charge on any atom is -0.493 e. The van der Waals surface area contributed by atoms with Crippen LogP contribution in [0, 0.1) is 5.82 Å². The van der Waals surface area contributed by atoms with Gasteiger partial charge in [0.25, 0.3) is 0 Å². The lowest BCUT2D eigenvalue weighted by molar-refractivity contribution is -0.140. The summed E-state index contributed by atoms with van der Waals surface area (Å²) in [6.07, 6.45) is 0.871. The summed E-state index contributed by atoms with van der Waals surface area (Å²) in [5, 5.41) is 0. The topological polar surface area (TPSA) is 97.4 Å². The second kappa shape index (κ2) is 15.1. The Hall–Kier alpha value is -4.40. The molecule has 0 aromatic heterocycles. The number of halogens is 1. The Morgan fingerprint density at radius 2 is 1.15 bits per heavy atom. The first-order chi connectivity index (χ1) is 18.5. The number of ether oxygens (including phenoxy) is 5. The summed E-state index contributed by atoms with van der Waals surface area (Å²) in [7, 11) is 0. The van der Waals surface area contributed by atoms with E-state index >= 15 is 0 Å². The molecule has 0 bridgehead atoms. The molecule has 0 amide bonds. The second-order valence-corrected chi connectivity index (χ2v) is 8.74. The number of rotatable bonds is 15. The van der Waals surface area contributed by atoms with Crippen molar-refractivity contribution >= 4 is 17.9 Å². The summed E-state index contributed by atoms with van der Waals surface area (Å²) in [4.78, 5) is 34.8. The Morgan fingerprint density at radius 3 is 1.59 bits per heavy atom. The van der Waals surface area contributed by atoms with Crippen molar-refractivity contribution in [2.45, 2.75) is 33.6 Å². The van der Waals surface area contributed by atoms with E-state index in [0.717, 1.165) is 0 Å². The van der Waals surface area contributed by atoms with E-state index in [-0.39, 0.29) is 37.8 Å². The zero-order valence-corrected chi connectivity index (χ0v) is 22.5. The van der Waals surface area contributed by atoms with Crippen molar-refractivity contribution in [1.29, 1.82) is 0 Å². The Kier molecular flexibility index (Phi) is 11.9. The maximum Gasteiger partial charge on any atom is 0.338 e. The van der Waals surface area contributed by atoms with Gasteiger partial charge < -0.3 is 23.7 Å². The molecule has 39 heavy (non-hydrogen) atoms. The van der Waals surface area contributed by atoms with Crippen LogP contribution in [0.5, 0.6) is 17.2 Å². The van der Waals surface area contributed by atoms with Gasteiger partial charge in [-0.25, -0.2) is 18.8 Å². The Morgan fingerprint density at radius 1 is 0.667 bits per heavy atom. The molecule has 0 heterocycles. The van der Waals surface area contributed by atoms with E-state index in [1.54, 1.807) is 38.1 Å². The Balaban J connectivity index is 2.14. The van der Waals surface area contributed by atoms with E-state index in [4.69, 9.17) is 23.7 Å². The monoisotopic (exact) mass is 540 g/mol. The molecule has 0 aliphatic carbocycles. The van der Waals surface area contributed by atoms with Crippen LogP contribution in [0.3, 0.4) is 0 Å². The number of hydrogen-bond acceptors (Lipinski definition) is 8. The summed E-state index contributed by atoms with van der Waals surface area (Å²) >= 11 is 0. The molecule has 0 N–H and O–H groups in total. The van der Waals surface area contributed by atoms with Crippen LogP contribution in [-0.4, -0.2) is 44.3 Å². The van der Waals surface area contributed by atoms with E-state index in [0.29, 0.717) is 46.6 Å². The molecule has 2 rings (SSSR count). The standard InChI is InChI=1S/C30H33FO8/c1-19(2)28(32)37-13-7-11-35-24-15-23(16-25(18-24)36-12-8-14-38-29(33)20(3)4)22-9-10-27(26(31)17-22)39-30(34)21(5)6/h9-10,15-18H,1,3,5,7-8,11-14H2,2,4,6H3. The first-order valence-corrected chi connectivity index (χ1v) is 12.2. The number of carbonyl (C=O) groups excluding carboxylic acids is 3. The highest BCUT2D eigenvalue weighted by molar-refractivity contribution is 5.89. The van der Waals surface area contributed by atoms with E-state index in [1.807, 2.05) is 0 Å². The average Bonchev–Trinajstić information content (AvgIpc) is 2.88. The van der Waals surface area contributed by atoms with Crippen LogP contribution >= 0.6 is 0 Å². The highest BCUT2D eigenvalue weighted by atomic mass is 19.1. The summed E-state index contributed by atoms with van der Waals surface area (Å²) in [6, 6.07) is 9.26. The molecule has 8 nitrogen and oxygen atoms in total. The quantitative estimate of drug-likeness (QED) is 0.122. The molecule has 0 aliphatic rings. The van der Waals surface area contributed by atoms with Crippen molar-refractivity contribution in [3.8, 4) is 28.4 Å². The van der Waals surface area contributed by atoms with Gasteiger partial charge in [-0.1, -0.05) is 25.8 Å². The zero-order valence-electron chi connectivity index (χ0n) is 22.5. The van der Waals surface area contributed by atoms with Gasteiger partial charge in [0.15, 0.2) is 11.6 Å². The highest BCUT2D eigenvalue weighted by Crippen LogP contribution is 2.32. The van der Waals surface area contributed by atoms with Crippen molar-refractivity contribution in [3.63, 3.8) is 0 Å². The van der Waals surface area contributed by atoms with Crippen LogP contribution in [0.25, 0.3) is 11.1 Å². The highest BCUT2D eigenvalue weighted by Gasteiger charge is 2.13. The lowest BCUT2D eigenvalue weighted by Gasteiger charge is -2.14. The summed E-state index contributed by atoms with van der Waals surface area (Å²) in [5.41, 5.74) is 1.85.